The Labute approximate surface area is 392 Å². The van der Waals surface area contributed by atoms with E-state index in [1.54, 1.807) is 0 Å². The summed E-state index contributed by atoms with van der Waals surface area (Å²) in [6, 6.07) is 0. The van der Waals surface area contributed by atoms with Gasteiger partial charge in [0.15, 0.2) is 18.7 Å². The minimum absolute atomic E-state index is 0.00795. The minimum Gasteiger partial charge on any atom is -0.432 e. The lowest BCUT2D eigenvalue weighted by Gasteiger charge is -2.72. The van der Waals surface area contributed by atoms with Crippen LogP contribution in [0.25, 0.3) is 0 Å². The third kappa shape index (κ3) is 7.83. The van der Waals surface area contributed by atoms with E-state index >= 15 is 4.79 Å². The first kappa shape index (κ1) is 51.9. The Bertz CT molecular complexity index is 1820. The van der Waals surface area contributed by atoms with Crippen molar-refractivity contribution in [3.8, 4) is 0 Å². The number of rotatable bonds is 9. The first-order valence-corrected chi connectivity index (χ1v) is 24.5. The Morgan fingerprint density at radius 1 is 0.672 bits per heavy atom. The fourth-order valence-electron chi connectivity index (χ4n) is 15.3. The predicted octanol–water partition coefficient (Wildman–Crippen LogP) is -1.03. The second-order valence-corrected chi connectivity index (χ2v) is 22.9. The molecule has 5 aliphatic carbocycles. The van der Waals surface area contributed by atoms with Crippen LogP contribution in [0.1, 0.15) is 99.8 Å². The first-order valence-electron chi connectivity index (χ1n) is 24.5. The van der Waals surface area contributed by atoms with Crippen LogP contribution in [-0.2, 0) is 33.2 Å². The van der Waals surface area contributed by atoms with Gasteiger partial charge in [-0.2, -0.15) is 0 Å². The van der Waals surface area contributed by atoms with Crippen molar-refractivity contribution in [2.45, 2.75) is 204 Å². The molecule has 67 heavy (non-hydrogen) atoms. The summed E-state index contributed by atoms with van der Waals surface area (Å²) in [6.07, 6.45) is -18.6. The molecule has 0 aromatic rings. The molecule has 3 aliphatic heterocycles. The number of carbonyl (C=O) groups excluding carboxylic acids is 1. The van der Waals surface area contributed by atoms with E-state index in [2.05, 4.69) is 40.7 Å². The summed E-state index contributed by atoms with van der Waals surface area (Å²) in [4.78, 5) is 15.2. The molecule has 0 aromatic heterocycles. The van der Waals surface area contributed by atoms with E-state index < -0.39 is 145 Å². The molecule has 27 atom stereocenters. The Balaban J connectivity index is 1.09. The monoisotopic (exact) mass is 959 g/mol. The number of carbonyl (C=O) groups is 1. The zero-order valence-corrected chi connectivity index (χ0v) is 39.8. The number of allylic oxidation sites excluding steroid dienone is 2. The van der Waals surface area contributed by atoms with Crippen molar-refractivity contribution < 1.29 is 94.5 Å². The molecule has 3 heterocycles. The smallest absolute Gasteiger partial charge is 0.315 e. The number of hydrogen-bond donors (Lipinski definition) is 12. The quantitative estimate of drug-likeness (QED) is 0.0747. The van der Waals surface area contributed by atoms with E-state index in [0.717, 1.165) is 12.8 Å². The van der Waals surface area contributed by atoms with Crippen molar-refractivity contribution >= 4 is 5.97 Å². The number of aliphatic hydroxyl groups is 12. The summed E-state index contributed by atoms with van der Waals surface area (Å²) in [7, 11) is 0. The van der Waals surface area contributed by atoms with E-state index in [1.807, 2.05) is 6.92 Å². The molecule has 7 fully saturated rings. The maximum Gasteiger partial charge on any atom is 0.315 e. The van der Waals surface area contributed by atoms with Gasteiger partial charge in [-0.15, -0.1) is 0 Å². The molecule has 8 aliphatic rings. The molecule has 3 saturated heterocycles. The lowest BCUT2D eigenvalue weighted by atomic mass is 9.33. The van der Waals surface area contributed by atoms with E-state index in [-0.39, 0.29) is 41.6 Å². The Morgan fingerprint density at radius 2 is 1.27 bits per heavy atom. The molecular formula is C48H78O19. The van der Waals surface area contributed by atoms with Crippen molar-refractivity contribution in [2.24, 2.45) is 56.7 Å². The highest BCUT2D eigenvalue weighted by atomic mass is 16.8. The number of ether oxygens (including phenoxy) is 6. The third-order valence-electron chi connectivity index (χ3n) is 19.7. The van der Waals surface area contributed by atoms with Gasteiger partial charge in [0.25, 0.3) is 0 Å². The van der Waals surface area contributed by atoms with Gasteiger partial charge < -0.3 is 89.7 Å². The summed E-state index contributed by atoms with van der Waals surface area (Å²) in [5, 5.41) is 129. The van der Waals surface area contributed by atoms with Gasteiger partial charge in [0.05, 0.1) is 43.5 Å². The van der Waals surface area contributed by atoms with E-state index in [9.17, 15) is 61.3 Å². The predicted molar refractivity (Wildman–Crippen MR) is 231 cm³/mol. The van der Waals surface area contributed by atoms with Crippen LogP contribution in [0, 0.1) is 56.7 Å². The summed E-state index contributed by atoms with van der Waals surface area (Å²) < 4.78 is 35.9. The van der Waals surface area contributed by atoms with Crippen molar-refractivity contribution in [1.82, 2.24) is 0 Å². The van der Waals surface area contributed by atoms with Crippen LogP contribution in [0.4, 0.5) is 0 Å². The van der Waals surface area contributed by atoms with Crippen molar-refractivity contribution in [2.75, 3.05) is 19.8 Å². The lowest BCUT2D eigenvalue weighted by molar-refractivity contribution is -0.361. The van der Waals surface area contributed by atoms with Crippen LogP contribution in [0.15, 0.2) is 11.6 Å². The molecule has 4 saturated carbocycles. The minimum atomic E-state index is -1.79. The topological polar surface area (TPSA) is 315 Å². The molecule has 8 rings (SSSR count). The lowest BCUT2D eigenvalue weighted by Crippen LogP contribution is -2.69. The van der Waals surface area contributed by atoms with Crippen molar-refractivity contribution in [3.63, 3.8) is 0 Å². The molecule has 0 aromatic carbocycles. The third-order valence-corrected chi connectivity index (χ3v) is 19.7. The second kappa shape index (κ2) is 18.5. The summed E-state index contributed by atoms with van der Waals surface area (Å²) in [6.45, 7) is 12.8. The van der Waals surface area contributed by atoms with Crippen LogP contribution < -0.4 is 0 Å². The van der Waals surface area contributed by atoms with Gasteiger partial charge in [0.2, 0.25) is 6.29 Å². The van der Waals surface area contributed by atoms with Gasteiger partial charge in [-0.1, -0.05) is 53.2 Å². The molecule has 0 amide bonds. The second-order valence-electron chi connectivity index (χ2n) is 22.9. The van der Waals surface area contributed by atoms with Crippen LogP contribution in [-0.4, -0.2) is 191 Å². The molecule has 0 spiro atoms. The Kier molecular flexibility index (Phi) is 14.4. The number of esters is 1. The van der Waals surface area contributed by atoms with Crippen LogP contribution in [0.2, 0.25) is 0 Å². The van der Waals surface area contributed by atoms with E-state index in [4.69, 9.17) is 28.4 Å². The summed E-state index contributed by atoms with van der Waals surface area (Å²) >= 11 is 0. The van der Waals surface area contributed by atoms with Crippen molar-refractivity contribution in [3.05, 3.63) is 11.6 Å². The summed E-state index contributed by atoms with van der Waals surface area (Å²) in [5.41, 5.74) is -2.24. The molecular weight excluding hydrogens is 881 g/mol. The van der Waals surface area contributed by atoms with E-state index in [0.29, 0.717) is 38.5 Å². The molecule has 1 unspecified atom stereocenters. The standard InChI is InChI=1S/C48H78O19/c1-20-10-13-48(43(61)67-42-38(35(58)32(55)26(18-50)64-42)65-40-36(59)33(56)30(53)22(3)62-40)15-14-46(6)23(29(48)21(20)2)8-9-28-44(4)16-24(52)39(45(5,19-51)27(44)11-12-47(28,46)7)66-41-37(60)34(57)31(54)25(17-49)63-41/h8,20-22,24-42,49-60H,9-19H2,1-7H3/t20-,21+,22+,24-,25-,26-,27-,28-,29+,30+,31-,32-,33-,34+,35+,36-,37-,38-,39+,40+,41+,42+,44+,45+,46?,47-,48+/m1/s1. The van der Waals surface area contributed by atoms with Gasteiger partial charge in [-0.3, -0.25) is 4.79 Å². The van der Waals surface area contributed by atoms with Gasteiger partial charge >= 0.3 is 5.97 Å². The zero-order valence-electron chi connectivity index (χ0n) is 39.8. The Morgan fingerprint density at radius 3 is 1.90 bits per heavy atom. The number of aliphatic hydroxyl groups excluding tert-OH is 12. The molecule has 0 bridgehead atoms. The fourth-order valence-corrected chi connectivity index (χ4v) is 15.3. The highest BCUT2D eigenvalue weighted by Gasteiger charge is 2.72. The van der Waals surface area contributed by atoms with Crippen LogP contribution in [0.5, 0.6) is 0 Å². The molecule has 0 radical (unpaired) electrons. The molecule has 19 nitrogen and oxygen atoms in total. The normalized spacial score (nSPS) is 56.7. The largest absolute Gasteiger partial charge is 0.432 e. The fraction of sp³-hybridized carbons (Fsp3) is 0.938. The maximum absolute atomic E-state index is 15.2. The number of hydrogen-bond acceptors (Lipinski definition) is 19. The highest BCUT2D eigenvalue weighted by molar-refractivity contribution is 5.79. The molecule has 384 valence electrons. The Hall–Kier alpha value is -1.47. The van der Waals surface area contributed by atoms with Crippen LogP contribution in [0.3, 0.4) is 0 Å². The average molecular weight is 959 g/mol. The van der Waals surface area contributed by atoms with Gasteiger partial charge in [0, 0.05) is 5.41 Å². The van der Waals surface area contributed by atoms with Crippen LogP contribution >= 0.6 is 0 Å². The maximum atomic E-state index is 15.2. The van der Waals surface area contributed by atoms with Gasteiger partial charge in [0.1, 0.15) is 61.0 Å². The first-order chi connectivity index (χ1) is 31.4. The highest BCUT2D eigenvalue weighted by Crippen LogP contribution is 2.76. The van der Waals surface area contributed by atoms with E-state index in [1.165, 1.54) is 12.5 Å². The van der Waals surface area contributed by atoms with Gasteiger partial charge in [-0.05, 0) is 104 Å². The summed E-state index contributed by atoms with van der Waals surface area (Å²) in [5.74, 6) is -0.784. The van der Waals surface area contributed by atoms with Gasteiger partial charge in [-0.25, -0.2) is 0 Å². The SMILES string of the molecule is C[C@H]1[C@H](C)CC[C@]2(C(=O)O[C@@H]3O[C@H](CO)[C@@H](O)[C@H](O)[C@H]3O[C@@H]3O[C@@H](C)[C@H](O)[C@@H](O)[C@H]3O)CCC3(C)C(=CC[C@@H]4[C@@]5(C)C[C@@H](O)[C@H](O[C@@H]6O[C@H](CO)[C@@H](O)[C@H](O)[C@H]6O)[C@@](C)(CO)[C@@H]5CC[C@]43C)[C@H]12. The molecule has 12 N–H and O–H groups in total. The molecule has 19 heteroatoms. The number of fused-ring (bicyclic) bond motifs is 7. The zero-order chi connectivity index (χ0) is 49.1. The van der Waals surface area contributed by atoms with Crippen molar-refractivity contribution in [1.29, 1.82) is 0 Å². The average Bonchev–Trinajstić information content (AvgIpc) is 3.29.